The molecule has 1 aromatic heterocycles. The van der Waals surface area contributed by atoms with Crippen LogP contribution in [0.1, 0.15) is 5.69 Å². The highest BCUT2D eigenvalue weighted by molar-refractivity contribution is 7.94. The molecule has 0 fully saturated rings. The number of benzene rings is 1. The Labute approximate surface area is 123 Å². The number of nitrogens with zero attached hydrogens (tertiary/aromatic N) is 1. The van der Waals surface area contributed by atoms with Gasteiger partial charge < -0.3 is 0 Å². The number of hydrogen-bond acceptors (Lipinski definition) is 4. The topological polar surface area (TPSA) is 59.1 Å². The van der Waals surface area contributed by atoms with Crippen molar-refractivity contribution in [3.8, 4) is 0 Å². The molecule has 1 heterocycles. The first-order valence-electron chi connectivity index (χ1n) is 4.90. The Morgan fingerprint density at radius 2 is 2.05 bits per heavy atom. The second kappa shape index (κ2) is 5.24. The van der Waals surface area contributed by atoms with Crippen LogP contribution in [0.25, 0.3) is 0 Å². The van der Waals surface area contributed by atoms with Gasteiger partial charge in [-0.1, -0.05) is 34.5 Å². The van der Waals surface area contributed by atoms with E-state index in [-0.39, 0.29) is 25.1 Å². The first-order chi connectivity index (χ1) is 8.79. The van der Waals surface area contributed by atoms with Crippen LogP contribution in [0.5, 0.6) is 0 Å². The summed E-state index contributed by atoms with van der Waals surface area (Å²) in [6, 6.07) is 3.59. The third kappa shape index (κ3) is 3.17. The smallest absolute Gasteiger partial charge is 0.273 e. The lowest BCUT2D eigenvalue weighted by molar-refractivity contribution is 0.599. The summed E-state index contributed by atoms with van der Waals surface area (Å²) in [7, 11) is -3.94. The Bertz CT molecular complexity index is 731. The molecule has 0 bridgehead atoms. The van der Waals surface area contributed by atoms with Crippen molar-refractivity contribution in [2.45, 2.75) is 11.1 Å². The molecule has 1 aromatic carbocycles. The molecule has 0 aliphatic carbocycles. The van der Waals surface area contributed by atoms with E-state index in [1.807, 2.05) is 0 Å². The number of nitrogens with one attached hydrogen (secondary N) is 1. The second-order valence-electron chi connectivity index (χ2n) is 3.57. The van der Waals surface area contributed by atoms with E-state index in [1.54, 1.807) is 0 Å². The fraction of sp³-hybridized carbons (Fsp3) is 0.100. The van der Waals surface area contributed by atoms with Crippen LogP contribution >= 0.6 is 34.5 Å². The van der Waals surface area contributed by atoms with Crippen molar-refractivity contribution in [3.63, 3.8) is 0 Å². The lowest BCUT2D eigenvalue weighted by Gasteiger charge is -2.08. The van der Waals surface area contributed by atoms with Crippen molar-refractivity contribution < 1.29 is 12.8 Å². The molecule has 0 saturated carbocycles. The van der Waals surface area contributed by atoms with Crippen molar-refractivity contribution in [1.82, 2.24) is 4.98 Å². The molecular formula is C10H7Cl2FN2O2S2. The van der Waals surface area contributed by atoms with Crippen LogP contribution in [0.4, 0.5) is 10.1 Å². The van der Waals surface area contributed by atoms with Crippen molar-refractivity contribution >= 4 is 50.2 Å². The standard InChI is InChI=1S/C10H7Cl2FN2O2S2/c1-5-9(18-10(12)14-5)19(16,17)15-8-4-6(11)2-3-7(8)13/h2-4,15H,1H3. The molecule has 4 nitrogen and oxygen atoms in total. The predicted molar refractivity (Wildman–Crippen MR) is 74.1 cm³/mol. The highest BCUT2D eigenvalue weighted by atomic mass is 35.5. The quantitative estimate of drug-likeness (QED) is 0.926. The van der Waals surface area contributed by atoms with E-state index >= 15 is 0 Å². The predicted octanol–water partition coefficient (Wildman–Crippen LogP) is 3.70. The molecule has 0 saturated heterocycles. The summed E-state index contributed by atoms with van der Waals surface area (Å²) >= 11 is 12.1. The zero-order valence-corrected chi connectivity index (χ0v) is 12.6. The van der Waals surface area contributed by atoms with E-state index in [2.05, 4.69) is 9.71 Å². The zero-order valence-electron chi connectivity index (χ0n) is 9.45. The molecule has 19 heavy (non-hydrogen) atoms. The Morgan fingerprint density at radius 3 is 2.63 bits per heavy atom. The molecule has 2 aromatic rings. The molecule has 2 rings (SSSR count). The van der Waals surface area contributed by atoms with E-state index in [0.29, 0.717) is 0 Å². The van der Waals surface area contributed by atoms with Crippen molar-refractivity contribution in [1.29, 1.82) is 0 Å². The first kappa shape index (κ1) is 14.5. The van der Waals surface area contributed by atoms with Gasteiger partial charge >= 0.3 is 0 Å². The minimum absolute atomic E-state index is 0.0584. The van der Waals surface area contributed by atoms with Gasteiger partial charge in [-0.05, 0) is 25.1 Å². The van der Waals surface area contributed by atoms with Crippen LogP contribution in [-0.4, -0.2) is 13.4 Å². The zero-order chi connectivity index (χ0) is 14.2. The van der Waals surface area contributed by atoms with Crippen molar-refractivity contribution in [3.05, 3.63) is 39.2 Å². The van der Waals surface area contributed by atoms with Gasteiger partial charge in [0, 0.05) is 5.02 Å². The van der Waals surface area contributed by atoms with E-state index in [1.165, 1.54) is 19.1 Å². The molecule has 0 atom stereocenters. The Balaban J connectivity index is 2.42. The summed E-state index contributed by atoms with van der Waals surface area (Å²) in [5.41, 5.74) is 0.0290. The second-order valence-corrected chi connectivity index (χ2v) is 7.46. The van der Waals surface area contributed by atoms with Gasteiger partial charge in [0.1, 0.15) is 5.82 Å². The largest absolute Gasteiger partial charge is 0.276 e. The van der Waals surface area contributed by atoms with E-state index in [4.69, 9.17) is 23.2 Å². The molecule has 0 spiro atoms. The molecule has 102 valence electrons. The Hall–Kier alpha value is -0.890. The number of sulfonamides is 1. The highest BCUT2D eigenvalue weighted by Crippen LogP contribution is 2.29. The van der Waals surface area contributed by atoms with E-state index in [0.717, 1.165) is 17.4 Å². The molecule has 0 unspecified atom stereocenters. The first-order valence-corrected chi connectivity index (χ1v) is 7.96. The fourth-order valence-corrected chi connectivity index (χ4v) is 4.34. The monoisotopic (exact) mass is 340 g/mol. The number of thiazole rings is 1. The maximum absolute atomic E-state index is 13.5. The average molecular weight is 341 g/mol. The molecule has 0 amide bonds. The third-order valence-electron chi connectivity index (χ3n) is 2.14. The van der Waals surface area contributed by atoms with Crippen LogP contribution in [0.15, 0.2) is 22.4 Å². The van der Waals surface area contributed by atoms with Gasteiger partial charge in [0.25, 0.3) is 10.0 Å². The molecular weight excluding hydrogens is 334 g/mol. The molecule has 1 N–H and O–H groups in total. The van der Waals surface area contributed by atoms with E-state index < -0.39 is 15.8 Å². The maximum Gasteiger partial charge on any atom is 0.273 e. The minimum Gasteiger partial charge on any atom is -0.276 e. The maximum atomic E-state index is 13.5. The lowest BCUT2D eigenvalue weighted by atomic mass is 10.3. The highest BCUT2D eigenvalue weighted by Gasteiger charge is 2.22. The SMILES string of the molecule is Cc1nc(Cl)sc1S(=O)(=O)Nc1cc(Cl)ccc1F. The number of halogens is 3. The minimum atomic E-state index is -3.94. The average Bonchev–Trinajstić information content (AvgIpc) is 2.63. The lowest BCUT2D eigenvalue weighted by Crippen LogP contribution is -2.13. The van der Waals surface area contributed by atoms with Crippen molar-refractivity contribution in [2.24, 2.45) is 0 Å². The van der Waals surface area contributed by atoms with Crippen LogP contribution in [0, 0.1) is 12.7 Å². The summed E-state index contributed by atoms with van der Waals surface area (Å²) < 4.78 is 39.8. The molecule has 0 aliphatic heterocycles. The van der Waals surface area contributed by atoms with Gasteiger partial charge in [0.15, 0.2) is 8.68 Å². The van der Waals surface area contributed by atoms with Gasteiger partial charge in [-0.15, -0.1) is 0 Å². The number of hydrogen-bond donors (Lipinski definition) is 1. The molecule has 0 radical (unpaired) electrons. The van der Waals surface area contributed by atoms with Crippen LogP contribution in [0.3, 0.4) is 0 Å². The van der Waals surface area contributed by atoms with Crippen LogP contribution in [0.2, 0.25) is 9.49 Å². The normalized spacial score (nSPS) is 11.6. The number of aryl methyl sites for hydroxylation is 1. The van der Waals surface area contributed by atoms with Gasteiger partial charge in [-0.3, -0.25) is 4.72 Å². The summed E-state index contributed by atoms with van der Waals surface area (Å²) in [4.78, 5) is 3.80. The number of aromatic nitrogens is 1. The summed E-state index contributed by atoms with van der Waals surface area (Å²) in [5, 5.41) is 0.221. The van der Waals surface area contributed by atoms with E-state index in [9.17, 15) is 12.8 Å². The fourth-order valence-electron chi connectivity index (χ4n) is 1.37. The third-order valence-corrected chi connectivity index (χ3v) is 5.62. The number of anilines is 1. The van der Waals surface area contributed by atoms with Gasteiger partial charge in [0.05, 0.1) is 11.4 Å². The van der Waals surface area contributed by atoms with Crippen LogP contribution < -0.4 is 4.72 Å². The molecule has 0 aliphatic rings. The van der Waals surface area contributed by atoms with Crippen molar-refractivity contribution in [2.75, 3.05) is 4.72 Å². The van der Waals surface area contributed by atoms with Gasteiger partial charge in [-0.2, -0.15) is 0 Å². The summed E-state index contributed by atoms with van der Waals surface area (Å²) in [6.07, 6.45) is 0. The van der Waals surface area contributed by atoms with Crippen LogP contribution in [-0.2, 0) is 10.0 Å². The molecule has 9 heteroatoms. The Morgan fingerprint density at radius 1 is 1.37 bits per heavy atom. The summed E-state index contributed by atoms with van der Waals surface area (Å²) in [5.74, 6) is -0.721. The Kier molecular flexibility index (Phi) is 4.00. The van der Waals surface area contributed by atoms with Gasteiger partial charge in [-0.25, -0.2) is 17.8 Å². The number of rotatable bonds is 3. The summed E-state index contributed by atoms with van der Waals surface area (Å²) in [6.45, 7) is 1.51. The van der Waals surface area contributed by atoms with Gasteiger partial charge in [0.2, 0.25) is 0 Å².